The van der Waals surface area contributed by atoms with Crippen LogP contribution in [0.3, 0.4) is 0 Å². The van der Waals surface area contributed by atoms with Crippen molar-refractivity contribution in [2.24, 2.45) is 0 Å². The second-order valence-corrected chi connectivity index (χ2v) is 5.37. The molecule has 0 saturated heterocycles. The molecule has 4 heteroatoms. The third-order valence-electron chi connectivity index (χ3n) is 3.77. The highest BCUT2D eigenvalue weighted by molar-refractivity contribution is 5.31. The molecule has 20 heavy (non-hydrogen) atoms. The highest BCUT2D eigenvalue weighted by Gasteiger charge is 2.21. The Morgan fingerprint density at radius 2 is 2.25 bits per heavy atom. The number of ether oxygens (including phenoxy) is 2. The van der Waals surface area contributed by atoms with Crippen LogP contribution >= 0.6 is 0 Å². The zero-order valence-corrected chi connectivity index (χ0v) is 12.3. The molecule has 1 aromatic carbocycles. The van der Waals surface area contributed by atoms with E-state index in [1.54, 1.807) is 7.11 Å². The molecule has 2 rings (SSSR count). The van der Waals surface area contributed by atoms with E-state index in [1.165, 1.54) is 11.1 Å². The summed E-state index contributed by atoms with van der Waals surface area (Å²) < 4.78 is 10.9. The minimum atomic E-state index is -0.416. The minimum absolute atomic E-state index is 0.147. The summed E-state index contributed by atoms with van der Waals surface area (Å²) >= 11 is 0. The first-order chi connectivity index (χ1) is 9.81. The van der Waals surface area contributed by atoms with Crippen LogP contribution in [0.1, 0.15) is 30.1 Å². The lowest BCUT2D eigenvalue weighted by Gasteiger charge is -2.26. The molecule has 112 valence electrons. The van der Waals surface area contributed by atoms with E-state index in [-0.39, 0.29) is 6.10 Å². The molecule has 1 aliphatic rings. The van der Waals surface area contributed by atoms with Crippen LogP contribution in [-0.4, -0.2) is 44.6 Å². The fourth-order valence-corrected chi connectivity index (χ4v) is 2.69. The highest BCUT2D eigenvalue weighted by atomic mass is 16.5. The van der Waals surface area contributed by atoms with Crippen molar-refractivity contribution in [1.29, 1.82) is 0 Å². The summed E-state index contributed by atoms with van der Waals surface area (Å²) in [5.41, 5.74) is 2.69. The molecule has 2 atom stereocenters. The van der Waals surface area contributed by atoms with E-state index in [0.717, 1.165) is 25.8 Å². The van der Waals surface area contributed by atoms with Gasteiger partial charge < -0.3 is 19.9 Å². The molecule has 0 heterocycles. The van der Waals surface area contributed by atoms with Crippen molar-refractivity contribution >= 4 is 0 Å². The van der Waals surface area contributed by atoms with Gasteiger partial charge in [-0.1, -0.05) is 24.3 Å². The molecule has 4 nitrogen and oxygen atoms in total. The summed E-state index contributed by atoms with van der Waals surface area (Å²) in [4.78, 5) is 0. The van der Waals surface area contributed by atoms with Gasteiger partial charge in [0.25, 0.3) is 0 Å². The van der Waals surface area contributed by atoms with E-state index in [0.29, 0.717) is 19.8 Å². The van der Waals surface area contributed by atoms with Gasteiger partial charge in [-0.3, -0.25) is 0 Å². The maximum Gasteiger partial charge on any atom is 0.126 e. The Morgan fingerprint density at radius 1 is 1.40 bits per heavy atom. The van der Waals surface area contributed by atoms with E-state index in [4.69, 9.17) is 9.47 Å². The zero-order chi connectivity index (χ0) is 14.2. The molecule has 1 aromatic rings. The standard InChI is InChI=1S/C16H25NO3/c1-19-10-9-17-11-14(18)12-20-16-8-4-6-13-5-2-3-7-15(13)16/h2-3,5,7,14,16-18H,4,6,8-12H2,1H3/p+1/t14-,16+/m0/s1. The van der Waals surface area contributed by atoms with E-state index >= 15 is 0 Å². The molecule has 0 aliphatic heterocycles. The first-order valence-corrected chi connectivity index (χ1v) is 7.49. The number of aliphatic hydroxyl groups is 1. The monoisotopic (exact) mass is 280 g/mol. The van der Waals surface area contributed by atoms with Gasteiger partial charge in [0, 0.05) is 7.11 Å². The van der Waals surface area contributed by atoms with E-state index in [9.17, 15) is 5.11 Å². The number of rotatable bonds is 8. The summed E-state index contributed by atoms with van der Waals surface area (Å²) in [6.45, 7) is 2.66. The Balaban J connectivity index is 1.74. The van der Waals surface area contributed by atoms with E-state index < -0.39 is 6.10 Å². The average molecular weight is 280 g/mol. The fourth-order valence-electron chi connectivity index (χ4n) is 2.69. The summed E-state index contributed by atoms with van der Waals surface area (Å²) in [5.74, 6) is 0. The van der Waals surface area contributed by atoms with Crippen LogP contribution < -0.4 is 5.32 Å². The van der Waals surface area contributed by atoms with Gasteiger partial charge in [-0.05, 0) is 30.4 Å². The molecule has 0 amide bonds. The third kappa shape index (κ3) is 4.56. The van der Waals surface area contributed by atoms with Gasteiger partial charge in [0.15, 0.2) is 0 Å². The van der Waals surface area contributed by atoms with Crippen LogP contribution in [0.2, 0.25) is 0 Å². The van der Waals surface area contributed by atoms with Crippen LogP contribution in [0.25, 0.3) is 0 Å². The summed E-state index contributed by atoms with van der Waals surface area (Å²) in [7, 11) is 1.69. The number of fused-ring (bicyclic) bond motifs is 1. The van der Waals surface area contributed by atoms with Crippen LogP contribution in [0.15, 0.2) is 24.3 Å². The molecule has 3 N–H and O–H groups in total. The van der Waals surface area contributed by atoms with Crippen molar-refractivity contribution in [3.63, 3.8) is 0 Å². The molecular formula is C16H26NO3+. The van der Waals surface area contributed by atoms with E-state index in [2.05, 4.69) is 29.6 Å². The van der Waals surface area contributed by atoms with Crippen molar-refractivity contribution in [1.82, 2.24) is 0 Å². The lowest BCUT2D eigenvalue weighted by Crippen LogP contribution is -2.87. The van der Waals surface area contributed by atoms with Crippen LogP contribution in [0, 0.1) is 0 Å². The summed E-state index contributed by atoms with van der Waals surface area (Å²) in [6, 6.07) is 8.48. The molecule has 0 fully saturated rings. The number of hydrogen-bond donors (Lipinski definition) is 2. The molecule has 0 spiro atoms. The van der Waals surface area contributed by atoms with Gasteiger partial charge in [0.05, 0.1) is 25.9 Å². The Labute approximate surface area is 121 Å². The Morgan fingerprint density at radius 3 is 3.10 bits per heavy atom. The Hall–Kier alpha value is -0.940. The zero-order valence-electron chi connectivity index (χ0n) is 12.3. The van der Waals surface area contributed by atoms with Crippen molar-refractivity contribution < 1.29 is 19.9 Å². The van der Waals surface area contributed by atoms with Gasteiger partial charge in [0.2, 0.25) is 0 Å². The van der Waals surface area contributed by atoms with Crippen LogP contribution in [0.5, 0.6) is 0 Å². The fraction of sp³-hybridized carbons (Fsp3) is 0.625. The molecule has 0 saturated carbocycles. The first kappa shape index (κ1) is 15.4. The lowest BCUT2D eigenvalue weighted by atomic mass is 9.89. The van der Waals surface area contributed by atoms with Gasteiger partial charge in [-0.25, -0.2) is 0 Å². The van der Waals surface area contributed by atoms with Crippen LogP contribution in [0.4, 0.5) is 0 Å². The SMILES string of the molecule is COCC[NH2+]C[C@H](O)CO[C@@H]1CCCc2ccccc21. The third-order valence-corrected chi connectivity index (χ3v) is 3.77. The summed E-state index contributed by atoms with van der Waals surface area (Å²) in [5, 5.41) is 12.0. The second kappa shape index (κ2) is 8.37. The number of aliphatic hydroxyl groups excluding tert-OH is 1. The second-order valence-electron chi connectivity index (χ2n) is 5.37. The van der Waals surface area contributed by atoms with Crippen molar-refractivity contribution in [2.75, 3.05) is 33.4 Å². The van der Waals surface area contributed by atoms with Gasteiger partial charge in [0.1, 0.15) is 12.6 Å². The highest BCUT2D eigenvalue weighted by Crippen LogP contribution is 2.32. The van der Waals surface area contributed by atoms with Gasteiger partial charge in [-0.2, -0.15) is 0 Å². The van der Waals surface area contributed by atoms with Gasteiger partial charge >= 0.3 is 0 Å². The molecule has 0 radical (unpaired) electrons. The Kier molecular flexibility index (Phi) is 6.47. The average Bonchev–Trinajstić information content (AvgIpc) is 2.49. The molecular weight excluding hydrogens is 254 g/mol. The van der Waals surface area contributed by atoms with Gasteiger partial charge in [-0.15, -0.1) is 0 Å². The molecule has 0 unspecified atom stereocenters. The Bertz CT molecular complexity index is 397. The maximum atomic E-state index is 9.93. The number of aryl methyl sites for hydroxylation is 1. The quantitative estimate of drug-likeness (QED) is 0.688. The van der Waals surface area contributed by atoms with Crippen LogP contribution in [-0.2, 0) is 15.9 Å². The van der Waals surface area contributed by atoms with Crippen molar-refractivity contribution in [3.05, 3.63) is 35.4 Å². The van der Waals surface area contributed by atoms with E-state index in [1.807, 2.05) is 0 Å². The smallest absolute Gasteiger partial charge is 0.126 e. The predicted molar refractivity (Wildman–Crippen MR) is 77.6 cm³/mol. The molecule has 1 aliphatic carbocycles. The largest absolute Gasteiger partial charge is 0.385 e. The number of quaternary nitrogens is 1. The molecule has 0 aromatic heterocycles. The first-order valence-electron chi connectivity index (χ1n) is 7.49. The lowest BCUT2D eigenvalue weighted by molar-refractivity contribution is -0.662. The number of nitrogens with two attached hydrogens (primary N) is 1. The van der Waals surface area contributed by atoms with Crippen molar-refractivity contribution in [2.45, 2.75) is 31.5 Å². The number of methoxy groups -OCH3 is 1. The number of hydrogen-bond acceptors (Lipinski definition) is 3. The number of benzene rings is 1. The van der Waals surface area contributed by atoms with Crippen molar-refractivity contribution in [3.8, 4) is 0 Å². The normalized spacial score (nSPS) is 19.6. The summed E-state index contributed by atoms with van der Waals surface area (Å²) in [6.07, 6.45) is 3.09. The minimum Gasteiger partial charge on any atom is -0.385 e. The predicted octanol–water partition coefficient (Wildman–Crippen LogP) is 0.651. The maximum absolute atomic E-state index is 9.93. The molecule has 0 bridgehead atoms. The topological polar surface area (TPSA) is 55.3 Å².